The zero-order valence-electron chi connectivity index (χ0n) is 10.6. The second-order valence-corrected chi connectivity index (χ2v) is 7.38. The average Bonchev–Trinajstić information content (AvgIpc) is 2.71. The van der Waals surface area contributed by atoms with Gasteiger partial charge in [0.15, 0.2) is 9.84 Å². The number of nitrogen functional groups attached to an aromatic ring is 1. The first-order chi connectivity index (χ1) is 8.42. The van der Waals surface area contributed by atoms with Crippen LogP contribution in [0.5, 0.6) is 0 Å². The Kier molecular flexibility index (Phi) is 3.34. The molecule has 0 amide bonds. The van der Waals surface area contributed by atoms with E-state index in [2.05, 4.69) is 0 Å². The van der Waals surface area contributed by atoms with Gasteiger partial charge in [0.05, 0.1) is 16.5 Å². The normalized spacial score (nSPS) is 12.4. The van der Waals surface area contributed by atoms with Gasteiger partial charge in [-0.1, -0.05) is 6.07 Å². The number of benzene rings is 1. The molecular formula is C13H18N2O2S. The molecule has 0 saturated heterocycles. The molecule has 0 atom stereocenters. The molecule has 0 saturated carbocycles. The lowest BCUT2D eigenvalue weighted by Crippen LogP contribution is -2.20. The maximum atomic E-state index is 11.8. The third kappa shape index (κ3) is 2.36. The number of rotatable bonds is 4. The lowest BCUT2D eigenvalue weighted by molar-refractivity contribution is 0.581. The van der Waals surface area contributed by atoms with E-state index in [0.717, 1.165) is 16.6 Å². The van der Waals surface area contributed by atoms with E-state index in [1.807, 2.05) is 35.0 Å². The van der Waals surface area contributed by atoms with Crippen LogP contribution in [-0.4, -0.2) is 24.0 Å². The van der Waals surface area contributed by atoms with Crippen LogP contribution in [0.4, 0.5) is 5.69 Å². The Balaban J connectivity index is 2.26. The summed E-state index contributed by atoms with van der Waals surface area (Å²) >= 11 is 0. The highest BCUT2D eigenvalue weighted by atomic mass is 32.2. The van der Waals surface area contributed by atoms with Crippen molar-refractivity contribution in [1.82, 2.24) is 4.57 Å². The van der Waals surface area contributed by atoms with Gasteiger partial charge in [-0.2, -0.15) is 0 Å². The summed E-state index contributed by atoms with van der Waals surface area (Å²) in [6.07, 6.45) is 1.89. The smallest absolute Gasteiger partial charge is 0.154 e. The fourth-order valence-corrected chi connectivity index (χ4v) is 2.83. The molecule has 0 aliphatic carbocycles. The van der Waals surface area contributed by atoms with Gasteiger partial charge in [0.25, 0.3) is 0 Å². The molecule has 2 aromatic rings. The molecule has 4 nitrogen and oxygen atoms in total. The number of nitrogens with zero attached hydrogens (tertiary/aromatic N) is 1. The van der Waals surface area contributed by atoms with Gasteiger partial charge in [0.1, 0.15) is 0 Å². The quantitative estimate of drug-likeness (QED) is 0.861. The summed E-state index contributed by atoms with van der Waals surface area (Å²) in [6, 6.07) is 7.60. The van der Waals surface area contributed by atoms with Crippen LogP contribution < -0.4 is 5.73 Å². The van der Waals surface area contributed by atoms with Crippen molar-refractivity contribution in [2.24, 2.45) is 0 Å². The second kappa shape index (κ2) is 4.65. The molecule has 0 aliphatic rings. The SMILES string of the molecule is CC(C)S(=O)(=O)CCn1ccc2c(N)cccc21. The van der Waals surface area contributed by atoms with Crippen LogP contribution in [0.2, 0.25) is 0 Å². The molecule has 1 heterocycles. The Labute approximate surface area is 107 Å². The zero-order chi connectivity index (χ0) is 13.3. The van der Waals surface area contributed by atoms with Crippen molar-refractivity contribution >= 4 is 26.4 Å². The molecule has 0 aliphatic heterocycles. The van der Waals surface area contributed by atoms with Crippen LogP contribution in [0.1, 0.15) is 13.8 Å². The number of aromatic nitrogens is 1. The molecule has 0 fully saturated rings. The molecule has 98 valence electrons. The van der Waals surface area contributed by atoms with E-state index >= 15 is 0 Å². The maximum Gasteiger partial charge on any atom is 0.154 e. The fraction of sp³-hybridized carbons (Fsp3) is 0.385. The minimum atomic E-state index is -3.01. The molecule has 5 heteroatoms. The number of aryl methyl sites for hydroxylation is 1. The molecule has 1 aromatic carbocycles. The van der Waals surface area contributed by atoms with Gasteiger partial charge in [-0.05, 0) is 32.0 Å². The molecule has 2 rings (SSSR count). The average molecular weight is 266 g/mol. The first-order valence-electron chi connectivity index (χ1n) is 5.97. The van der Waals surface area contributed by atoms with Crippen LogP contribution in [0, 0.1) is 0 Å². The highest BCUT2D eigenvalue weighted by Crippen LogP contribution is 2.22. The van der Waals surface area contributed by atoms with Crippen molar-refractivity contribution in [3.8, 4) is 0 Å². The van der Waals surface area contributed by atoms with Crippen LogP contribution in [0.15, 0.2) is 30.5 Å². The Hall–Kier alpha value is -1.49. The third-order valence-corrected chi connectivity index (χ3v) is 5.37. The van der Waals surface area contributed by atoms with Gasteiger partial charge in [-0.3, -0.25) is 0 Å². The van der Waals surface area contributed by atoms with E-state index < -0.39 is 9.84 Å². The van der Waals surface area contributed by atoms with Crippen molar-refractivity contribution in [3.63, 3.8) is 0 Å². The summed E-state index contributed by atoms with van der Waals surface area (Å²) < 4.78 is 25.5. The lowest BCUT2D eigenvalue weighted by Gasteiger charge is -2.09. The van der Waals surface area contributed by atoms with E-state index in [1.165, 1.54) is 0 Å². The number of nitrogens with two attached hydrogens (primary N) is 1. The topological polar surface area (TPSA) is 65.1 Å². The van der Waals surface area contributed by atoms with E-state index in [9.17, 15) is 8.42 Å². The fourth-order valence-electron chi connectivity index (χ4n) is 1.90. The molecule has 0 radical (unpaired) electrons. The van der Waals surface area contributed by atoms with E-state index in [0.29, 0.717) is 6.54 Å². The lowest BCUT2D eigenvalue weighted by atomic mass is 10.2. The summed E-state index contributed by atoms with van der Waals surface area (Å²) in [5, 5.41) is 0.642. The molecule has 18 heavy (non-hydrogen) atoms. The van der Waals surface area contributed by atoms with Crippen molar-refractivity contribution in [3.05, 3.63) is 30.5 Å². The highest BCUT2D eigenvalue weighted by molar-refractivity contribution is 7.91. The van der Waals surface area contributed by atoms with Gasteiger partial charge in [-0.15, -0.1) is 0 Å². The van der Waals surface area contributed by atoms with E-state index in [-0.39, 0.29) is 11.0 Å². The highest BCUT2D eigenvalue weighted by Gasteiger charge is 2.16. The van der Waals surface area contributed by atoms with E-state index in [1.54, 1.807) is 13.8 Å². The molecule has 0 unspecified atom stereocenters. The summed E-state index contributed by atoms with van der Waals surface area (Å²) in [5.74, 6) is 0.156. The minimum absolute atomic E-state index is 0.156. The van der Waals surface area contributed by atoms with Gasteiger partial charge in [0.2, 0.25) is 0 Å². The van der Waals surface area contributed by atoms with Gasteiger partial charge in [0, 0.05) is 23.8 Å². The number of sulfone groups is 1. The zero-order valence-corrected chi connectivity index (χ0v) is 11.4. The first kappa shape index (κ1) is 13.0. The molecule has 2 N–H and O–H groups in total. The Morgan fingerprint density at radius 3 is 2.67 bits per heavy atom. The van der Waals surface area contributed by atoms with Crippen molar-refractivity contribution in [2.75, 3.05) is 11.5 Å². The molecular weight excluding hydrogens is 248 g/mol. The third-order valence-electron chi connectivity index (χ3n) is 3.18. The number of anilines is 1. The summed E-state index contributed by atoms with van der Waals surface area (Å²) in [6.45, 7) is 3.88. The van der Waals surface area contributed by atoms with Gasteiger partial charge >= 0.3 is 0 Å². The van der Waals surface area contributed by atoms with Crippen LogP contribution in [-0.2, 0) is 16.4 Å². The van der Waals surface area contributed by atoms with Gasteiger partial charge in [-0.25, -0.2) is 8.42 Å². The molecule has 0 spiro atoms. The van der Waals surface area contributed by atoms with Crippen molar-refractivity contribution in [2.45, 2.75) is 25.6 Å². The summed E-state index contributed by atoms with van der Waals surface area (Å²) in [4.78, 5) is 0. The van der Waals surface area contributed by atoms with Crippen LogP contribution in [0.3, 0.4) is 0 Å². The Morgan fingerprint density at radius 1 is 1.28 bits per heavy atom. The standard InChI is InChI=1S/C13H18N2O2S/c1-10(2)18(16,17)9-8-15-7-6-11-12(14)4-3-5-13(11)15/h3-7,10H,8-9,14H2,1-2H3. The Bertz CT molecular complexity index is 657. The van der Waals surface area contributed by atoms with Crippen molar-refractivity contribution < 1.29 is 8.42 Å². The first-order valence-corrected chi connectivity index (χ1v) is 7.68. The maximum absolute atomic E-state index is 11.8. The predicted molar refractivity (Wildman–Crippen MR) is 75.3 cm³/mol. The minimum Gasteiger partial charge on any atom is -0.398 e. The molecule has 0 bridgehead atoms. The van der Waals surface area contributed by atoms with Gasteiger partial charge < -0.3 is 10.3 Å². The van der Waals surface area contributed by atoms with E-state index in [4.69, 9.17) is 5.73 Å². The second-order valence-electron chi connectivity index (χ2n) is 4.70. The number of hydrogen-bond donors (Lipinski definition) is 1. The van der Waals surface area contributed by atoms with Crippen molar-refractivity contribution in [1.29, 1.82) is 0 Å². The largest absolute Gasteiger partial charge is 0.398 e. The monoisotopic (exact) mass is 266 g/mol. The van der Waals surface area contributed by atoms with Crippen LogP contribution in [0.25, 0.3) is 10.9 Å². The predicted octanol–water partition coefficient (Wildman–Crippen LogP) is 2.05. The number of hydrogen-bond acceptors (Lipinski definition) is 3. The molecule has 1 aromatic heterocycles. The van der Waals surface area contributed by atoms with Crippen LogP contribution >= 0.6 is 0 Å². The summed E-state index contributed by atoms with van der Waals surface area (Å²) in [7, 11) is -3.01. The Morgan fingerprint density at radius 2 is 2.00 bits per heavy atom. The number of fused-ring (bicyclic) bond motifs is 1. The summed E-state index contributed by atoms with van der Waals surface area (Å²) in [5.41, 5.74) is 7.57.